The molecule has 4 N–H and O–H groups in total. The number of benzene rings is 1. The highest BCUT2D eigenvalue weighted by atomic mass is 35.5. The molecule has 0 aliphatic rings. The van der Waals surface area contributed by atoms with Crippen LogP contribution in [0.4, 0.5) is 0 Å². The molecule has 1 aromatic rings. The molecule has 0 fully saturated rings. The van der Waals surface area contributed by atoms with Gasteiger partial charge in [0.1, 0.15) is 0 Å². The Labute approximate surface area is 198 Å². The van der Waals surface area contributed by atoms with Crippen LogP contribution in [-0.4, -0.2) is 11.1 Å². The summed E-state index contributed by atoms with van der Waals surface area (Å²) in [5, 5.41) is 9.31. The van der Waals surface area contributed by atoms with Gasteiger partial charge in [-0.05, 0) is 36.7 Å². The Morgan fingerprint density at radius 3 is 1.90 bits per heavy atom. The third kappa shape index (κ3) is 14.4. The van der Waals surface area contributed by atoms with Crippen LogP contribution in [0.25, 0.3) is 0 Å². The van der Waals surface area contributed by atoms with Crippen LogP contribution in [0.1, 0.15) is 104 Å². The van der Waals surface area contributed by atoms with Crippen LogP contribution in [0.15, 0.2) is 42.0 Å². The van der Waals surface area contributed by atoms with Gasteiger partial charge in [-0.15, -0.1) is 12.4 Å². The Morgan fingerprint density at radius 2 is 1.42 bits per heavy atom. The molecular formula is C27H48ClNO2. The van der Waals surface area contributed by atoms with E-state index in [2.05, 4.69) is 51.1 Å². The molecule has 4 heteroatoms. The molecule has 0 saturated heterocycles. The number of rotatable bonds is 16. The lowest BCUT2D eigenvalue weighted by atomic mass is 9.72. The minimum atomic E-state index is -0.810. The minimum Gasteiger partial charge on any atom is -0.478 e. The molecule has 1 aromatic carbocycles. The number of carbonyl (C=O) groups is 1. The second-order valence-electron chi connectivity index (χ2n) is 9.31. The Morgan fingerprint density at radius 1 is 0.935 bits per heavy atom. The fraction of sp³-hybridized carbons (Fsp3) is 0.667. The van der Waals surface area contributed by atoms with E-state index in [0.717, 1.165) is 12.8 Å². The van der Waals surface area contributed by atoms with E-state index >= 15 is 0 Å². The maximum atomic E-state index is 11.3. The molecule has 0 aromatic heterocycles. The summed E-state index contributed by atoms with van der Waals surface area (Å²) in [5.41, 5.74) is 1.67. The van der Waals surface area contributed by atoms with E-state index in [1.807, 2.05) is 6.08 Å². The first-order valence-electron chi connectivity index (χ1n) is 11.8. The predicted octanol–water partition coefficient (Wildman–Crippen LogP) is 8.80. The van der Waals surface area contributed by atoms with Crippen molar-refractivity contribution < 1.29 is 9.90 Å². The first kappa shape index (κ1) is 31.9. The van der Waals surface area contributed by atoms with Crippen LogP contribution in [-0.2, 0) is 11.2 Å². The monoisotopic (exact) mass is 453 g/mol. The molecule has 1 rings (SSSR count). The first-order chi connectivity index (χ1) is 13.9. The van der Waals surface area contributed by atoms with E-state index in [4.69, 9.17) is 0 Å². The Hall–Kier alpha value is -1.32. The molecule has 180 valence electrons. The van der Waals surface area contributed by atoms with Gasteiger partial charge in [-0.2, -0.15) is 0 Å². The third-order valence-corrected chi connectivity index (χ3v) is 6.21. The summed E-state index contributed by atoms with van der Waals surface area (Å²) in [7, 11) is 0. The van der Waals surface area contributed by atoms with E-state index < -0.39 is 5.97 Å². The molecule has 0 saturated carbocycles. The quantitative estimate of drug-likeness (QED) is 0.194. The molecule has 31 heavy (non-hydrogen) atoms. The lowest BCUT2D eigenvalue weighted by Crippen LogP contribution is -2.25. The summed E-state index contributed by atoms with van der Waals surface area (Å²) in [5.74, 6) is -0.358. The van der Waals surface area contributed by atoms with Gasteiger partial charge >= 0.3 is 5.97 Å². The van der Waals surface area contributed by atoms with E-state index in [1.54, 1.807) is 6.92 Å². The Balaban J connectivity index is 0. The van der Waals surface area contributed by atoms with Crippen molar-refractivity contribution >= 4 is 18.4 Å². The minimum absolute atomic E-state index is 0. The molecular weight excluding hydrogens is 406 g/mol. The van der Waals surface area contributed by atoms with Crippen molar-refractivity contribution in [2.45, 2.75) is 105 Å². The van der Waals surface area contributed by atoms with Crippen molar-refractivity contribution in [3.8, 4) is 0 Å². The van der Waals surface area contributed by atoms with Crippen molar-refractivity contribution in [3.05, 3.63) is 47.5 Å². The number of unbranched alkanes of at least 4 members (excludes halogenated alkanes) is 9. The highest BCUT2D eigenvalue weighted by molar-refractivity contribution is 5.86. The summed E-state index contributed by atoms with van der Waals surface area (Å²) >= 11 is 0. The average molecular weight is 454 g/mol. The SMILES string of the molecule is CCCCCCCCCCCCC(Cc1ccccc1)C(C)(C)/C=C(\C)C(=O)O.Cl.N. The van der Waals surface area contributed by atoms with Gasteiger partial charge in [0.15, 0.2) is 0 Å². The van der Waals surface area contributed by atoms with Gasteiger partial charge in [0.2, 0.25) is 0 Å². The van der Waals surface area contributed by atoms with Gasteiger partial charge in [0.05, 0.1) is 0 Å². The second kappa shape index (κ2) is 18.3. The molecule has 0 amide bonds. The highest BCUT2D eigenvalue weighted by Gasteiger charge is 2.28. The van der Waals surface area contributed by atoms with Crippen molar-refractivity contribution in [2.75, 3.05) is 0 Å². The van der Waals surface area contributed by atoms with Crippen molar-refractivity contribution in [1.29, 1.82) is 0 Å². The number of carboxylic acids is 1. The lowest BCUT2D eigenvalue weighted by Gasteiger charge is -2.33. The predicted molar refractivity (Wildman–Crippen MR) is 138 cm³/mol. The topological polar surface area (TPSA) is 72.3 Å². The lowest BCUT2D eigenvalue weighted by molar-refractivity contribution is -0.132. The maximum absolute atomic E-state index is 11.3. The van der Waals surface area contributed by atoms with E-state index in [1.165, 1.54) is 69.8 Å². The van der Waals surface area contributed by atoms with E-state index in [9.17, 15) is 9.90 Å². The van der Waals surface area contributed by atoms with Crippen LogP contribution in [0.5, 0.6) is 0 Å². The summed E-state index contributed by atoms with van der Waals surface area (Å²) in [4.78, 5) is 11.3. The Bertz CT molecular complexity index is 599. The number of hydrogen-bond donors (Lipinski definition) is 2. The first-order valence-corrected chi connectivity index (χ1v) is 11.8. The largest absolute Gasteiger partial charge is 0.478 e. The summed E-state index contributed by atoms with van der Waals surface area (Å²) in [6.45, 7) is 8.38. The van der Waals surface area contributed by atoms with Gasteiger partial charge in [-0.3, -0.25) is 0 Å². The molecule has 1 atom stereocenters. The van der Waals surface area contributed by atoms with Crippen LogP contribution < -0.4 is 6.15 Å². The molecule has 0 bridgehead atoms. The van der Waals surface area contributed by atoms with Crippen LogP contribution in [0.2, 0.25) is 0 Å². The summed E-state index contributed by atoms with van der Waals surface area (Å²) in [6, 6.07) is 10.6. The number of aliphatic carboxylic acids is 1. The number of carboxylic acid groups (broad SMARTS) is 1. The van der Waals surface area contributed by atoms with Crippen molar-refractivity contribution in [1.82, 2.24) is 6.15 Å². The van der Waals surface area contributed by atoms with Crippen LogP contribution in [0.3, 0.4) is 0 Å². The van der Waals surface area contributed by atoms with Crippen LogP contribution >= 0.6 is 12.4 Å². The summed E-state index contributed by atoms with van der Waals surface area (Å²) in [6.07, 6.45) is 17.6. The average Bonchev–Trinajstić information content (AvgIpc) is 2.68. The molecule has 1 unspecified atom stereocenters. The zero-order chi connectivity index (χ0) is 21.5. The highest BCUT2D eigenvalue weighted by Crippen LogP contribution is 2.36. The van der Waals surface area contributed by atoms with Crippen LogP contribution in [0, 0.1) is 11.3 Å². The number of halogens is 1. The van der Waals surface area contributed by atoms with E-state index in [-0.39, 0.29) is 24.0 Å². The number of hydrogen-bond acceptors (Lipinski definition) is 2. The fourth-order valence-electron chi connectivity index (χ4n) is 4.25. The van der Waals surface area contributed by atoms with Crippen molar-refractivity contribution in [3.63, 3.8) is 0 Å². The molecule has 0 radical (unpaired) electrons. The van der Waals surface area contributed by atoms with Gasteiger partial charge < -0.3 is 11.3 Å². The molecule has 0 aliphatic heterocycles. The van der Waals surface area contributed by atoms with Gasteiger partial charge in [-0.25, -0.2) is 4.79 Å². The third-order valence-electron chi connectivity index (χ3n) is 6.21. The van der Waals surface area contributed by atoms with Gasteiger partial charge in [0.25, 0.3) is 0 Å². The fourth-order valence-corrected chi connectivity index (χ4v) is 4.25. The van der Waals surface area contributed by atoms with E-state index in [0.29, 0.717) is 11.5 Å². The molecule has 3 nitrogen and oxygen atoms in total. The van der Waals surface area contributed by atoms with Gasteiger partial charge in [-0.1, -0.05) is 121 Å². The zero-order valence-corrected chi connectivity index (χ0v) is 21.3. The van der Waals surface area contributed by atoms with Crippen molar-refractivity contribution in [2.24, 2.45) is 11.3 Å². The van der Waals surface area contributed by atoms with Gasteiger partial charge in [0, 0.05) is 5.57 Å². The Kier molecular flexibility index (Phi) is 18.8. The standard InChI is InChI=1S/C27H44O2.ClH.H3N/c1-5-6-7-8-9-10-11-12-13-17-20-25(21-24-18-15-14-16-19-24)27(3,4)22-23(2)26(28)29;;/h14-16,18-19,22,25H,5-13,17,20-21H2,1-4H3,(H,28,29);1H;1H3/b23-22+;;. The molecule has 0 heterocycles. The second-order valence-corrected chi connectivity index (χ2v) is 9.31. The zero-order valence-electron chi connectivity index (χ0n) is 20.5. The number of allylic oxidation sites excluding steroid dienone is 1. The normalized spacial score (nSPS) is 12.6. The maximum Gasteiger partial charge on any atom is 0.330 e. The molecule has 0 spiro atoms. The summed E-state index contributed by atoms with van der Waals surface area (Å²) < 4.78 is 0. The molecule has 0 aliphatic carbocycles. The smallest absolute Gasteiger partial charge is 0.330 e.